The third-order valence-electron chi connectivity index (χ3n) is 4.75. The Labute approximate surface area is 143 Å². The Morgan fingerprint density at radius 3 is 2.67 bits per heavy atom. The average molecular weight is 337 g/mol. The van der Waals surface area contributed by atoms with Gasteiger partial charge >= 0.3 is 6.03 Å². The topological polar surface area (TPSA) is 55.8 Å². The zero-order chi connectivity index (χ0) is 17.7. The molecule has 5 nitrogen and oxygen atoms in total. The molecule has 2 rings (SSSR count). The van der Waals surface area contributed by atoms with Gasteiger partial charge in [-0.2, -0.15) is 0 Å². The Morgan fingerprint density at radius 1 is 1.42 bits per heavy atom. The maximum atomic E-state index is 13.1. The molecule has 3 unspecified atom stereocenters. The van der Waals surface area contributed by atoms with Crippen molar-refractivity contribution < 1.29 is 14.3 Å². The summed E-state index contributed by atoms with van der Waals surface area (Å²) >= 11 is 0. The van der Waals surface area contributed by atoms with Gasteiger partial charge in [0.25, 0.3) is 0 Å². The molecule has 0 radical (unpaired) electrons. The van der Waals surface area contributed by atoms with Gasteiger partial charge in [0.2, 0.25) is 0 Å². The molecule has 1 aliphatic rings. The van der Waals surface area contributed by atoms with E-state index in [-0.39, 0.29) is 23.8 Å². The summed E-state index contributed by atoms with van der Waals surface area (Å²) in [6.07, 6.45) is 1.48. The van der Waals surface area contributed by atoms with Gasteiger partial charge in [-0.1, -0.05) is 12.1 Å². The van der Waals surface area contributed by atoms with E-state index in [1.54, 1.807) is 24.0 Å². The highest BCUT2D eigenvalue weighted by atomic mass is 19.1. The molecular formula is C18H28FN3O2. The molecule has 1 saturated heterocycles. The number of carbonyl (C=O) groups is 1. The van der Waals surface area contributed by atoms with Gasteiger partial charge in [-0.25, -0.2) is 9.18 Å². The van der Waals surface area contributed by atoms with Crippen molar-refractivity contribution in [3.05, 3.63) is 35.6 Å². The fraction of sp³-hybridized carbons (Fsp3) is 0.611. The number of aliphatic hydroxyl groups excluding tert-OH is 1. The standard InChI is InChI=1S/C18H28FN3O2/c1-13(23)15-5-4-10-22(12-15)18(24)20-11-17(21(2)3)14-6-8-16(19)9-7-14/h6-9,13,15,17,23H,4-5,10-12H2,1-3H3,(H,20,24). The molecule has 1 aromatic carbocycles. The first-order valence-electron chi connectivity index (χ1n) is 8.51. The molecule has 1 fully saturated rings. The second-order valence-electron chi connectivity index (χ2n) is 6.81. The molecule has 2 amide bonds. The van der Waals surface area contributed by atoms with E-state index in [1.807, 2.05) is 19.0 Å². The molecule has 1 heterocycles. The van der Waals surface area contributed by atoms with Gasteiger partial charge < -0.3 is 20.2 Å². The number of benzene rings is 1. The summed E-state index contributed by atoms with van der Waals surface area (Å²) in [5.41, 5.74) is 0.960. The van der Waals surface area contributed by atoms with Crippen LogP contribution in [0.1, 0.15) is 31.4 Å². The summed E-state index contributed by atoms with van der Waals surface area (Å²) in [6.45, 7) is 3.54. The van der Waals surface area contributed by atoms with Crippen LogP contribution in [0.5, 0.6) is 0 Å². The Kier molecular flexibility index (Phi) is 6.57. The third kappa shape index (κ3) is 4.92. The smallest absolute Gasteiger partial charge is 0.317 e. The number of aliphatic hydroxyl groups is 1. The second-order valence-corrected chi connectivity index (χ2v) is 6.81. The monoisotopic (exact) mass is 337 g/mol. The lowest BCUT2D eigenvalue weighted by Crippen LogP contribution is -2.48. The Morgan fingerprint density at radius 2 is 2.08 bits per heavy atom. The first-order chi connectivity index (χ1) is 11.4. The van der Waals surface area contributed by atoms with Crippen molar-refractivity contribution in [2.24, 2.45) is 5.92 Å². The van der Waals surface area contributed by atoms with Crippen molar-refractivity contribution in [1.82, 2.24) is 15.1 Å². The number of carbonyl (C=O) groups excluding carboxylic acids is 1. The molecule has 1 aliphatic heterocycles. The number of hydrogen-bond acceptors (Lipinski definition) is 3. The van der Waals surface area contributed by atoms with Crippen LogP contribution >= 0.6 is 0 Å². The average Bonchev–Trinajstić information content (AvgIpc) is 2.56. The van der Waals surface area contributed by atoms with Crippen LogP contribution < -0.4 is 5.32 Å². The van der Waals surface area contributed by atoms with Crippen molar-refractivity contribution in [2.75, 3.05) is 33.7 Å². The highest BCUT2D eigenvalue weighted by molar-refractivity contribution is 5.74. The van der Waals surface area contributed by atoms with E-state index in [2.05, 4.69) is 5.32 Å². The first-order valence-corrected chi connectivity index (χ1v) is 8.51. The molecule has 0 spiro atoms. The molecule has 0 aromatic heterocycles. The van der Waals surface area contributed by atoms with Crippen molar-refractivity contribution >= 4 is 6.03 Å². The highest BCUT2D eigenvalue weighted by Crippen LogP contribution is 2.21. The lowest BCUT2D eigenvalue weighted by Gasteiger charge is -2.35. The number of urea groups is 1. The summed E-state index contributed by atoms with van der Waals surface area (Å²) in [4.78, 5) is 16.2. The zero-order valence-corrected chi connectivity index (χ0v) is 14.7. The van der Waals surface area contributed by atoms with Gasteiger partial charge in [-0.05, 0) is 51.6 Å². The van der Waals surface area contributed by atoms with Crippen LogP contribution in [0.15, 0.2) is 24.3 Å². The van der Waals surface area contributed by atoms with Gasteiger partial charge in [0.05, 0.1) is 12.1 Å². The summed E-state index contributed by atoms with van der Waals surface area (Å²) in [7, 11) is 3.87. The summed E-state index contributed by atoms with van der Waals surface area (Å²) in [5, 5.41) is 12.7. The van der Waals surface area contributed by atoms with E-state index in [4.69, 9.17) is 0 Å². The number of nitrogens with zero attached hydrogens (tertiary/aromatic N) is 2. The van der Waals surface area contributed by atoms with Gasteiger partial charge in [0.15, 0.2) is 0 Å². The molecule has 0 aliphatic carbocycles. The van der Waals surface area contributed by atoms with Gasteiger partial charge in [0, 0.05) is 25.6 Å². The number of piperidine rings is 1. The molecule has 3 atom stereocenters. The van der Waals surface area contributed by atoms with Crippen LogP contribution in [0, 0.1) is 11.7 Å². The maximum absolute atomic E-state index is 13.1. The lowest BCUT2D eigenvalue weighted by molar-refractivity contribution is 0.0735. The normalized spacial score (nSPS) is 20.8. The van der Waals surface area contributed by atoms with Crippen LogP contribution in [0.3, 0.4) is 0 Å². The molecule has 0 saturated carbocycles. The maximum Gasteiger partial charge on any atom is 0.317 e. The van der Waals surface area contributed by atoms with Crippen molar-refractivity contribution in [3.8, 4) is 0 Å². The van der Waals surface area contributed by atoms with Crippen LogP contribution in [0.2, 0.25) is 0 Å². The lowest BCUT2D eigenvalue weighted by atomic mass is 9.94. The number of amides is 2. The van der Waals surface area contributed by atoms with Gasteiger partial charge in [-0.15, -0.1) is 0 Å². The van der Waals surface area contributed by atoms with Crippen molar-refractivity contribution in [3.63, 3.8) is 0 Å². The molecule has 24 heavy (non-hydrogen) atoms. The Bertz CT molecular complexity index is 534. The molecule has 6 heteroatoms. The number of nitrogens with one attached hydrogen (secondary N) is 1. The molecular weight excluding hydrogens is 309 g/mol. The number of halogens is 1. The minimum atomic E-state index is -0.394. The number of likely N-dealkylation sites (N-methyl/N-ethyl adjacent to an activating group) is 1. The van der Waals surface area contributed by atoms with E-state index < -0.39 is 6.10 Å². The van der Waals surface area contributed by atoms with E-state index in [0.29, 0.717) is 13.1 Å². The summed E-state index contributed by atoms with van der Waals surface area (Å²) in [6, 6.07) is 6.24. The number of likely N-dealkylation sites (tertiary alicyclic amines) is 1. The summed E-state index contributed by atoms with van der Waals surface area (Å²) < 4.78 is 13.1. The van der Waals surface area contributed by atoms with E-state index in [1.165, 1.54) is 12.1 Å². The minimum absolute atomic E-state index is 0.0214. The molecule has 0 bridgehead atoms. The quantitative estimate of drug-likeness (QED) is 0.866. The second kappa shape index (κ2) is 8.44. The fourth-order valence-corrected chi connectivity index (χ4v) is 3.17. The van der Waals surface area contributed by atoms with E-state index >= 15 is 0 Å². The van der Waals surface area contributed by atoms with Crippen LogP contribution in [-0.2, 0) is 0 Å². The van der Waals surface area contributed by atoms with E-state index in [9.17, 15) is 14.3 Å². The molecule has 2 N–H and O–H groups in total. The summed E-state index contributed by atoms with van der Waals surface area (Å²) in [5.74, 6) is -0.121. The number of hydrogen-bond donors (Lipinski definition) is 2. The highest BCUT2D eigenvalue weighted by Gasteiger charge is 2.27. The van der Waals surface area contributed by atoms with Gasteiger partial charge in [0.1, 0.15) is 5.82 Å². The van der Waals surface area contributed by atoms with Crippen LogP contribution in [0.4, 0.5) is 9.18 Å². The number of rotatable bonds is 5. The third-order valence-corrected chi connectivity index (χ3v) is 4.75. The van der Waals surface area contributed by atoms with E-state index in [0.717, 1.165) is 24.9 Å². The molecule has 134 valence electrons. The minimum Gasteiger partial charge on any atom is -0.393 e. The van der Waals surface area contributed by atoms with Crippen molar-refractivity contribution in [2.45, 2.75) is 31.9 Å². The molecule has 1 aromatic rings. The largest absolute Gasteiger partial charge is 0.393 e. The van der Waals surface area contributed by atoms with Gasteiger partial charge in [-0.3, -0.25) is 0 Å². The predicted molar refractivity (Wildman–Crippen MR) is 92.2 cm³/mol. The zero-order valence-electron chi connectivity index (χ0n) is 14.7. The predicted octanol–water partition coefficient (Wildman–Crippen LogP) is 2.23. The van der Waals surface area contributed by atoms with Crippen molar-refractivity contribution in [1.29, 1.82) is 0 Å². The SMILES string of the molecule is CC(O)C1CCCN(C(=O)NCC(c2ccc(F)cc2)N(C)C)C1. The van der Waals surface area contributed by atoms with Crippen LogP contribution in [0.25, 0.3) is 0 Å². The Hall–Kier alpha value is -1.66. The first kappa shape index (κ1) is 18.7. The fourth-order valence-electron chi connectivity index (χ4n) is 3.17. The Balaban J connectivity index is 1.94. The van der Waals surface area contributed by atoms with Crippen LogP contribution in [-0.4, -0.2) is 60.8 Å².